The van der Waals surface area contributed by atoms with Crippen LogP contribution in [0.5, 0.6) is 11.5 Å². The summed E-state index contributed by atoms with van der Waals surface area (Å²) in [6.07, 6.45) is 0. The third-order valence-corrected chi connectivity index (χ3v) is 4.57. The highest BCUT2D eigenvalue weighted by molar-refractivity contribution is 14.1. The molecule has 1 amide bonds. The SMILES string of the molecule is O=C(Nc1ccccc1Oc1ccc(C(=O)O)c(C(=O)O)c1)c1cccc(I)c1. The number of hydrogen-bond donors (Lipinski definition) is 3. The van der Waals surface area contributed by atoms with Crippen LogP contribution in [0.15, 0.2) is 66.7 Å². The fourth-order valence-electron chi connectivity index (χ4n) is 2.56. The average molecular weight is 503 g/mol. The first kappa shape index (κ1) is 20.3. The van der Waals surface area contributed by atoms with Gasteiger partial charge in [0.15, 0.2) is 5.75 Å². The molecule has 0 aliphatic rings. The Morgan fingerprint density at radius 1 is 0.828 bits per heavy atom. The summed E-state index contributed by atoms with van der Waals surface area (Å²) >= 11 is 2.11. The molecule has 0 heterocycles. The molecule has 0 radical (unpaired) electrons. The molecule has 0 unspecified atom stereocenters. The molecule has 0 aliphatic heterocycles. The largest absolute Gasteiger partial charge is 0.478 e. The van der Waals surface area contributed by atoms with Crippen LogP contribution >= 0.6 is 22.6 Å². The van der Waals surface area contributed by atoms with Gasteiger partial charge in [-0.15, -0.1) is 0 Å². The van der Waals surface area contributed by atoms with Gasteiger partial charge in [0.25, 0.3) is 5.91 Å². The van der Waals surface area contributed by atoms with Gasteiger partial charge in [-0.05, 0) is 71.1 Å². The summed E-state index contributed by atoms with van der Waals surface area (Å²) in [5.41, 5.74) is 0.127. The number of carbonyl (C=O) groups is 3. The maximum atomic E-state index is 12.5. The molecule has 146 valence electrons. The van der Waals surface area contributed by atoms with Crippen LogP contribution in [0.3, 0.4) is 0 Å². The van der Waals surface area contributed by atoms with Crippen LogP contribution in [0.2, 0.25) is 0 Å². The predicted octanol–water partition coefficient (Wildman–Crippen LogP) is 4.73. The normalized spacial score (nSPS) is 10.2. The molecule has 0 fully saturated rings. The van der Waals surface area contributed by atoms with Gasteiger partial charge in [-0.2, -0.15) is 0 Å². The van der Waals surface area contributed by atoms with Gasteiger partial charge in [-0.25, -0.2) is 9.59 Å². The number of carboxylic acids is 2. The number of anilines is 1. The number of amides is 1. The van der Waals surface area contributed by atoms with E-state index in [0.717, 1.165) is 15.7 Å². The number of nitrogens with one attached hydrogen (secondary N) is 1. The summed E-state index contributed by atoms with van der Waals surface area (Å²) < 4.78 is 6.64. The van der Waals surface area contributed by atoms with E-state index in [0.29, 0.717) is 11.3 Å². The van der Waals surface area contributed by atoms with E-state index >= 15 is 0 Å². The van der Waals surface area contributed by atoms with Crippen LogP contribution in [0.4, 0.5) is 5.69 Å². The molecule has 3 aromatic rings. The van der Waals surface area contributed by atoms with Crippen LogP contribution in [0.1, 0.15) is 31.1 Å². The fourth-order valence-corrected chi connectivity index (χ4v) is 3.10. The van der Waals surface area contributed by atoms with Crippen LogP contribution < -0.4 is 10.1 Å². The Hall–Kier alpha value is -3.40. The molecule has 3 rings (SSSR count). The van der Waals surface area contributed by atoms with E-state index in [1.54, 1.807) is 42.5 Å². The van der Waals surface area contributed by atoms with Crippen LogP contribution in [0, 0.1) is 3.57 Å². The summed E-state index contributed by atoms with van der Waals surface area (Å²) in [5, 5.41) is 21.1. The molecule has 0 atom stereocenters. The highest BCUT2D eigenvalue weighted by atomic mass is 127. The Balaban J connectivity index is 1.88. The van der Waals surface area contributed by atoms with E-state index in [2.05, 4.69) is 27.9 Å². The Kier molecular flexibility index (Phi) is 6.13. The molecule has 29 heavy (non-hydrogen) atoms. The van der Waals surface area contributed by atoms with Crippen molar-refractivity contribution in [3.8, 4) is 11.5 Å². The summed E-state index contributed by atoms with van der Waals surface area (Å²) in [7, 11) is 0. The lowest BCUT2D eigenvalue weighted by atomic mass is 10.1. The second-order valence-corrected chi connectivity index (χ2v) is 7.13. The van der Waals surface area contributed by atoms with Crippen LogP contribution in [-0.4, -0.2) is 28.1 Å². The molecule has 0 bridgehead atoms. The zero-order valence-electron chi connectivity index (χ0n) is 14.8. The van der Waals surface area contributed by atoms with E-state index in [4.69, 9.17) is 9.84 Å². The van der Waals surface area contributed by atoms with Gasteiger partial charge in [-0.1, -0.05) is 18.2 Å². The van der Waals surface area contributed by atoms with Crippen molar-refractivity contribution in [3.63, 3.8) is 0 Å². The number of hydrogen-bond acceptors (Lipinski definition) is 4. The second-order valence-electron chi connectivity index (χ2n) is 5.88. The molecular weight excluding hydrogens is 489 g/mol. The molecule has 8 heteroatoms. The first-order chi connectivity index (χ1) is 13.8. The lowest BCUT2D eigenvalue weighted by Gasteiger charge is -2.13. The van der Waals surface area contributed by atoms with Crippen molar-refractivity contribution < 1.29 is 29.3 Å². The minimum absolute atomic E-state index is 0.128. The van der Waals surface area contributed by atoms with Gasteiger partial charge in [0, 0.05) is 9.13 Å². The van der Waals surface area contributed by atoms with E-state index in [1.165, 1.54) is 6.07 Å². The number of aromatic carboxylic acids is 2. The number of carbonyl (C=O) groups excluding carboxylic acids is 1. The fraction of sp³-hybridized carbons (Fsp3) is 0. The Labute approximate surface area is 179 Å². The Bertz CT molecular complexity index is 1110. The maximum absolute atomic E-state index is 12.5. The lowest BCUT2D eigenvalue weighted by Crippen LogP contribution is -2.12. The summed E-state index contributed by atoms with van der Waals surface area (Å²) in [6, 6.07) is 17.4. The third kappa shape index (κ3) is 4.91. The Morgan fingerprint density at radius 2 is 1.55 bits per heavy atom. The molecule has 0 spiro atoms. The van der Waals surface area contributed by atoms with Crippen molar-refractivity contribution in [2.24, 2.45) is 0 Å². The van der Waals surface area contributed by atoms with Crippen molar-refractivity contribution >= 4 is 46.1 Å². The summed E-state index contributed by atoms with van der Waals surface area (Å²) in [5.74, 6) is -2.64. The molecular formula is C21H14INO6. The van der Waals surface area contributed by atoms with Crippen molar-refractivity contribution in [2.75, 3.05) is 5.32 Å². The van der Waals surface area contributed by atoms with Crippen molar-refractivity contribution in [2.45, 2.75) is 0 Å². The van der Waals surface area contributed by atoms with Gasteiger partial charge in [0.2, 0.25) is 0 Å². The molecule has 0 aromatic heterocycles. The van der Waals surface area contributed by atoms with Crippen molar-refractivity contribution in [1.29, 1.82) is 0 Å². The highest BCUT2D eigenvalue weighted by Gasteiger charge is 2.18. The maximum Gasteiger partial charge on any atom is 0.336 e. The number of para-hydroxylation sites is 2. The quantitative estimate of drug-likeness (QED) is 0.420. The van der Waals surface area contributed by atoms with E-state index in [1.807, 2.05) is 6.07 Å². The second kappa shape index (κ2) is 8.74. The molecule has 0 saturated carbocycles. The van der Waals surface area contributed by atoms with E-state index < -0.39 is 17.5 Å². The highest BCUT2D eigenvalue weighted by Crippen LogP contribution is 2.31. The number of halogens is 1. The Morgan fingerprint density at radius 3 is 2.24 bits per heavy atom. The molecule has 0 saturated heterocycles. The van der Waals surface area contributed by atoms with Crippen molar-refractivity contribution in [1.82, 2.24) is 0 Å². The summed E-state index contributed by atoms with van der Waals surface area (Å²) in [4.78, 5) is 35.0. The van der Waals surface area contributed by atoms with Gasteiger partial charge in [-0.3, -0.25) is 4.79 Å². The van der Waals surface area contributed by atoms with Crippen LogP contribution in [-0.2, 0) is 0 Å². The number of rotatable bonds is 6. The van der Waals surface area contributed by atoms with Gasteiger partial charge < -0.3 is 20.3 Å². The number of ether oxygens (including phenoxy) is 1. The first-order valence-corrected chi connectivity index (χ1v) is 9.37. The van der Waals surface area contributed by atoms with Gasteiger partial charge in [0.1, 0.15) is 5.75 Å². The average Bonchev–Trinajstić information content (AvgIpc) is 2.69. The minimum atomic E-state index is -1.38. The molecule has 3 aromatic carbocycles. The first-order valence-electron chi connectivity index (χ1n) is 8.29. The minimum Gasteiger partial charge on any atom is -0.478 e. The number of benzene rings is 3. The third-order valence-electron chi connectivity index (χ3n) is 3.90. The monoisotopic (exact) mass is 503 g/mol. The van der Waals surface area contributed by atoms with Crippen LogP contribution in [0.25, 0.3) is 0 Å². The smallest absolute Gasteiger partial charge is 0.336 e. The number of carboxylic acid groups (broad SMARTS) is 2. The van der Waals surface area contributed by atoms with E-state index in [-0.39, 0.29) is 23.0 Å². The standard InChI is InChI=1S/C21H14INO6/c22-13-5-3-4-12(10-13)19(24)23-17-6-1-2-7-18(17)29-14-8-9-15(20(25)26)16(11-14)21(27)28/h1-11H,(H,23,24)(H,25,26)(H,27,28). The predicted molar refractivity (Wildman–Crippen MR) is 114 cm³/mol. The van der Waals surface area contributed by atoms with Gasteiger partial charge >= 0.3 is 11.9 Å². The lowest BCUT2D eigenvalue weighted by molar-refractivity contribution is 0.0651. The zero-order valence-corrected chi connectivity index (χ0v) is 16.9. The molecule has 3 N–H and O–H groups in total. The zero-order chi connectivity index (χ0) is 21.0. The summed E-state index contributed by atoms with van der Waals surface area (Å²) in [6.45, 7) is 0. The molecule has 0 aliphatic carbocycles. The topological polar surface area (TPSA) is 113 Å². The molecule has 7 nitrogen and oxygen atoms in total. The van der Waals surface area contributed by atoms with Gasteiger partial charge in [0.05, 0.1) is 16.8 Å². The van der Waals surface area contributed by atoms with Crippen molar-refractivity contribution in [3.05, 3.63) is 87.0 Å². The van der Waals surface area contributed by atoms with E-state index in [9.17, 15) is 19.5 Å².